The lowest BCUT2D eigenvalue weighted by molar-refractivity contribution is -0.777. The highest BCUT2D eigenvalue weighted by molar-refractivity contribution is 7.95. The van der Waals surface area contributed by atoms with Crippen LogP contribution in [0.1, 0.15) is 85.5 Å². The first kappa shape index (κ1) is 38.6. The summed E-state index contributed by atoms with van der Waals surface area (Å²) in [5.41, 5.74) is -0.883. The first-order valence-corrected chi connectivity index (χ1v) is 16.8. The van der Waals surface area contributed by atoms with E-state index in [4.69, 9.17) is 14.2 Å². The third-order valence-electron chi connectivity index (χ3n) is 12.1. The zero-order chi connectivity index (χ0) is 35.7. The van der Waals surface area contributed by atoms with Gasteiger partial charge in [0.1, 0.15) is 30.4 Å². The van der Waals surface area contributed by atoms with E-state index in [9.17, 15) is 46.4 Å². The lowest BCUT2D eigenvalue weighted by Gasteiger charge is -2.64. The van der Waals surface area contributed by atoms with Crippen LogP contribution in [0, 0.1) is 46.3 Å². The van der Waals surface area contributed by atoms with Crippen molar-refractivity contribution in [1.29, 1.82) is 0 Å². The number of carbonyl (C=O) groups excluding carboxylic acids is 4. The van der Waals surface area contributed by atoms with Crippen LogP contribution >= 0.6 is 12.0 Å². The number of hydrogen-bond acceptors (Lipinski definition) is 12. The van der Waals surface area contributed by atoms with E-state index in [-0.39, 0.29) is 59.4 Å². The minimum atomic E-state index is -5.68. The molecule has 0 aromatic carbocycles. The first-order chi connectivity index (χ1) is 22.4. The molecule has 0 aromatic heterocycles. The quantitative estimate of drug-likeness (QED) is 0.0441. The largest absolute Gasteiger partial charge is 0.691 e. The van der Waals surface area contributed by atoms with Gasteiger partial charge in [-0.05, 0) is 86.4 Å². The normalized spacial score (nSPS) is 37.5. The van der Waals surface area contributed by atoms with Gasteiger partial charge < -0.3 is 24.2 Å². The van der Waals surface area contributed by atoms with Crippen LogP contribution in [0.4, 0.5) is 22.0 Å². The molecule has 0 heterocycles. The number of fused-ring (bicyclic) bond motifs is 5. The van der Waals surface area contributed by atoms with Gasteiger partial charge in [0, 0.05) is 24.7 Å². The molecule has 4 saturated carbocycles. The van der Waals surface area contributed by atoms with Crippen molar-refractivity contribution in [1.82, 2.24) is 0 Å². The second-order valence-corrected chi connectivity index (χ2v) is 15.1. The Hall–Kier alpha value is -2.24. The second-order valence-electron chi connectivity index (χ2n) is 14.2. The number of halogens is 5. The monoisotopic (exact) mass is 717 g/mol. The number of hydrogen-bond donors (Lipinski definition) is 0. The third-order valence-corrected chi connectivity index (χ3v) is 12.6. The standard InChI is InChI=1S/C31H43F5O11S/c1-16(5-8-25(40)45-27(30(32,33)34)31(35,36)48-47-46-41)20-6-7-21-26-22(13-24(43-15-38)29(20,21)4)28(3)10-9-19(44-17(2)39)11-18(28)12-23(26)42-14-37/h14-16,18-24,26-27,41H,5-13H2,1-4H3/p-1/t16?,18-,19+,20+,21-,22-,23+,24-,26-,27?,28-,29+/m0/s1. The summed E-state index contributed by atoms with van der Waals surface area (Å²) in [5.74, 6) is -2.50. The van der Waals surface area contributed by atoms with Gasteiger partial charge in [-0.25, -0.2) is 0 Å². The number of alkyl halides is 5. The average Bonchev–Trinajstić information content (AvgIpc) is 3.36. The molecule has 0 spiro atoms. The lowest BCUT2D eigenvalue weighted by Crippen LogP contribution is -2.63. The van der Waals surface area contributed by atoms with Crippen molar-refractivity contribution in [3.8, 4) is 0 Å². The molecule has 0 N–H and O–H groups in total. The molecule has 0 radical (unpaired) electrons. The molecule has 0 bridgehead atoms. The van der Waals surface area contributed by atoms with Gasteiger partial charge >= 0.3 is 23.4 Å². The molecule has 0 aliphatic heterocycles. The summed E-state index contributed by atoms with van der Waals surface area (Å²) in [6, 6.07) is 0. The SMILES string of the molecule is CC(=O)O[C@@H]1CC[C@@]2(C)[C@@H](C1)C[C@@H](OC=O)[C@@H]1[C@@H]2C[C@H](OC=O)[C@]2(C)[C@@H](C(C)CCC(=O)OC(C(F)(F)F)C(F)(F)SOO[O-])CC[C@@H]12. The number of carbonyl (C=O) groups is 4. The fourth-order valence-electron chi connectivity index (χ4n) is 10.1. The van der Waals surface area contributed by atoms with Gasteiger partial charge in [0.15, 0.2) is 0 Å². The van der Waals surface area contributed by atoms with E-state index < -0.39 is 59.6 Å². The van der Waals surface area contributed by atoms with E-state index in [1.54, 1.807) is 6.92 Å². The van der Waals surface area contributed by atoms with E-state index >= 15 is 0 Å². The molecule has 17 heteroatoms. The molecule has 4 aliphatic carbocycles. The average molecular weight is 718 g/mol. The van der Waals surface area contributed by atoms with Gasteiger partial charge in [-0.1, -0.05) is 20.8 Å². The van der Waals surface area contributed by atoms with Crippen molar-refractivity contribution >= 4 is 36.9 Å². The molecule has 0 saturated heterocycles. The molecule has 12 atom stereocenters. The second kappa shape index (κ2) is 14.9. The predicted octanol–water partition coefficient (Wildman–Crippen LogP) is 5.23. The highest BCUT2D eigenvalue weighted by atomic mass is 32.2. The summed E-state index contributed by atoms with van der Waals surface area (Å²) in [6.45, 7) is 8.21. The Labute approximate surface area is 279 Å². The molecular formula is C31H42F5O11S-. The van der Waals surface area contributed by atoms with Crippen LogP contribution in [-0.2, 0) is 47.5 Å². The van der Waals surface area contributed by atoms with Crippen molar-refractivity contribution in [2.45, 2.75) is 121 Å². The van der Waals surface area contributed by atoms with E-state index in [0.29, 0.717) is 51.5 Å². The van der Waals surface area contributed by atoms with Crippen molar-refractivity contribution in [2.75, 3.05) is 0 Å². The lowest BCUT2D eigenvalue weighted by atomic mass is 9.43. The predicted molar refractivity (Wildman–Crippen MR) is 152 cm³/mol. The van der Waals surface area contributed by atoms with Crippen LogP contribution < -0.4 is 5.26 Å². The van der Waals surface area contributed by atoms with Crippen LogP contribution in [0.5, 0.6) is 0 Å². The summed E-state index contributed by atoms with van der Waals surface area (Å²) in [7, 11) is 0. The molecular weight excluding hydrogens is 675 g/mol. The summed E-state index contributed by atoms with van der Waals surface area (Å²) < 4.78 is 92.9. The van der Waals surface area contributed by atoms with Gasteiger partial charge in [-0.3, -0.25) is 24.2 Å². The molecule has 4 aliphatic rings. The minimum Gasteiger partial charge on any atom is -0.691 e. The fraction of sp³-hybridized carbons (Fsp3) is 0.871. The molecule has 4 rings (SSSR count). The van der Waals surface area contributed by atoms with Crippen molar-refractivity contribution in [3.63, 3.8) is 0 Å². The smallest absolute Gasteiger partial charge is 0.432 e. The Morgan fingerprint density at radius 1 is 1.00 bits per heavy atom. The van der Waals surface area contributed by atoms with Gasteiger partial charge in [-0.2, -0.15) is 26.3 Å². The first-order valence-electron chi connectivity index (χ1n) is 16.1. The molecule has 0 aromatic rings. The minimum absolute atomic E-state index is 0.00127. The fourth-order valence-corrected chi connectivity index (χ4v) is 10.4. The maximum absolute atomic E-state index is 14.1. The summed E-state index contributed by atoms with van der Waals surface area (Å²) in [5, 5.41) is 7.73. The van der Waals surface area contributed by atoms with Gasteiger partial charge in [0.25, 0.3) is 19.0 Å². The van der Waals surface area contributed by atoms with E-state index in [1.807, 2.05) is 6.92 Å². The zero-order valence-corrected chi connectivity index (χ0v) is 27.9. The van der Waals surface area contributed by atoms with Gasteiger partial charge in [0.2, 0.25) is 0 Å². The number of rotatable bonds is 14. The Morgan fingerprint density at radius 3 is 2.29 bits per heavy atom. The van der Waals surface area contributed by atoms with Crippen molar-refractivity contribution in [3.05, 3.63) is 0 Å². The Balaban J connectivity index is 1.53. The summed E-state index contributed by atoms with van der Waals surface area (Å²) in [4.78, 5) is 47.8. The molecule has 4 fully saturated rings. The van der Waals surface area contributed by atoms with Crippen LogP contribution in [0.25, 0.3) is 0 Å². The Bertz CT molecular complexity index is 1180. The molecule has 0 amide bonds. The van der Waals surface area contributed by atoms with Gasteiger partial charge in [0.05, 0.1) is 0 Å². The number of esters is 2. The van der Waals surface area contributed by atoms with Crippen LogP contribution in [0.15, 0.2) is 0 Å². The summed E-state index contributed by atoms with van der Waals surface area (Å²) >= 11 is -1.22. The number of ether oxygens (including phenoxy) is 4. The van der Waals surface area contributed by atoms with Crippen LogP contribution in [-0.4, -0.2) is 60.7 Å². The maximum atomic E-state index is 14.1. The highest BCUT2D eigenvalue weighted by Gasteiger charge is 2.67. The third kappa shape index (κ3) is 7.58. The maximum Gasteiger partial charge on any atom is 0.432 e. The van der Waals surface area contributed by atoms with Crippen LogP contribution in [0.2, 0.25) is 0 Å². The van der Waals surface area contributed by atoms with Gasteiger partial charge in [-0.15, -0.1) is 0 Å². The van der Waals surface area contributed by atoms with E-state index in [2.05, 4.69) is 21.0 Å². The molecule has 11 nitrogen and oxygen atoms in total. The summed E-state index contributed by atoms with van der Waals surface area (Å²) in [6.07, 6.45) is -7.05. The highest BCUT2D eigenvalue weighted by Crippen LogP contribution is 2.69. The Kier molecular flexibility index (Phi) is 12.0. The van der Waals surface area contributed by atoms with E-state index in [1.165, 1.54) is 6.92 Å². The Morgan fingerprint density at radius 2 is 1.69 bits per heavy atom. The molecule has 2 unspecified atom stereocenters. The zero-order valence-electron chi connectivity index (χ0n) is 27.1. The topological polar surface area (TPSA) is 147 Å². The molecule has 274 valence electrons. The van der Waals surface area contributed by atoms with E-state index in [0.717, 1.165) is 6.42 Å². The van der Waals surface area contributed by atoms with Crippen molar-refractivity contribution < 1.29 is 74.7 Å². The van der Waals surface area contributed by atoms with Crippen LogP contribution in [0.3, 0.4) is 0 Å². The van der Waals surface area contributed by atoms with Crippen molar-refractivity contribution in [2.24, 2.45) is 46.3 Å². The molecule has 48 heavy (non-hydrogen) atoms.